The first-order chi connectivity index (χ1) is 8.69. The number of halogens is 1. The number of nitrogens with one attached hydrogen (secondary N) is 2. The molecule has 92 valence electrons. The lowest BCUT2D eigenvalue weighted by atomic mass is 10.2. The lowest BCUT2D eigenvalue weighted by Crippen LogP contribution is -2.14. The normalized spacial score (nSPS) is 9.89. The number of carbonyl (C=O) groups excluding carboxylic acids is 1. The van der Waals surface area contributed by atoms with Crippen LogP contribution in [0.5, 0.6) is 0 Å². The summed E-state index contributed by atoms with van der Waals surface area (Å²) in [6.07, 6.45) is 1.50. The van der Waals surface area contributed by atoms with Crippen LogP contribution in [-0.2, 0) is 0 Å². The highest BCUT2D eigenvalue weighted by Crippen LogP contribution is 2.16. The number of benzene rings is 1. The molecule has 1 aromatic carbocycles. The highest BCUT2D eigenvalue weighted by Gasteiger charge is 2.07. The van der Waals surface area contributed by atoms with Crippen molar-refractivity contribution in [3.63, 3.8) is 0 Å². The van der Waals surface area contributed by atoms with Gasteiger partial charge in [0.15, 0.2) is 0 Å². The molecule has 0 aliphatic rings. The van der Waals surface area contributed by atoms with Gasteiger partial charge in [0.1, 0.15) is 5.82 Å². The number of hydrazine groups is 1. The van der Waals surface area contributed by atoms with Gasteiger partial charge in [0.05, 0.1) is 0 Å². The number of amides is 1. The molecule has 0 bridgehead atoms. The third-order valence-corrected chi connectivity index (χ3v) is 2.49. The number of rotatable bonds is 3. The van der Waals surface area contributed by atoms with E-state index in [1.54, 1.807) is 36.4 Å². The topological polar surface area (TPSA) is 80.0 Å². The smallest absolute Gasteiger partial charge is 0.255 e. The summed E-state index contributed by atoms with van der Waals surface area (Å²) >= 11 is 5.83. The Kier molecular flexibility index (Phi) is 3.76. The van der Waals surface area contributed by atoms with Crippen LogP contribution in [0, 0.1) is 0 Å². The van der Waals surface area contributed by atoms with Crippen molar-refractivity contribution in [3.05, 3.63) is 53.2 Å². The van der Waals surface area contributed by atoms with Crippen molar-refractivity contribution in [2.45, 2.75) is 0 Å². The van der Waals surface area contributed by atoms with Gasteiger partial charge in [-0.2, -0.15) is 0 Å². The predicted octanol–water partition coefficient (Wildman–Crippen LogP) is 2.27. The van der Waals surface area contributed by atoms with Crippen molar-refractivity contribution in [2.24, 2.45) is 5.84 Å². The molecule has 5 nitrogen and oxygen atoms in total. The van der Waals surface area contributed by atoms with Gasteiger partial charge in [0.2, 0.25) is 0 Å². The van der Waals surface area contributed by atoms with E-state index in [1.165, 1.54) is 6.20 Å². The van der Waals surface area contributed by atoms with Crippen LogP contribution in [0.25, 0.3) is 0 Å². The van der Waals surface area contributed by atoms with E-state index in [9.17, 15) is 4.79 Å². The second-order valence-corrected chi connectivity index (χ2v) is 3.98. The Morgan fingerprint density at radius 1 is 1.28 bits per heavy atom. The number of anilines is 2. The molecule has 0 spiro atoms. The SMILES string of the molecule is NNc1cc(C(=O)Nc2cccc(Cl)c2)ccn1. The molecule has 2 aromatic rings. The largest absolute Gasteiger partial charge is 0.322 e. The van der Waals surface area contributed by atoms with Gasteiger partial charge in [-0.05, 0) is 30.3 Å². The first kappa shape index (κ1) is 12.3. The number of carbonyl (C=O) groups is 1. The molecule has 1 amide bonds. The van der Waals surface area contributed by atoms with E-state index in [2.05, 4.69) is 15.7 Å². The molecule has 2 rings (SSSR count). The van der Waals surface area contributed by atoms with E-state index in [0.717, 1.165) is 0 Å². The zero-order valence-corrected chi connectivity index (χ0v) is 10.1. The Balaban J connectivity index is 2.16. The number of aromatic nitrogens is 1. The summed E-state index contributed by atoms with van der Waals surface area (Å²) in [6.45, 7) is 0. The maximum absolute atomic E-state index is 11.9. The van der Waals surface area contributed by atoms with Gasteiger partial charge in [-0.3, -0.25) is 4.79 Å². The summed E-state index contributed by atoms with van der Waals surface area (Å²) in [7, 11) is 0. The summed E-state index contributed by atoms with van der Waals surface area (Å²) in [5.74, 6) is 5.40. The predicted molar refractivity (Wildman–Crippen MR) is 71.5 cm³/mol. The molecular formula is C12H11ClN4O. The fraction of sp³-hybridized carbons (Fsp3) is 0. The Morgan fingerprint density at radius 2 is 2.11 bits per heavy atom. The Morgan fingerprint density at radius 3 is 2.83 bits per heavy atom. The maximum atomic E-state index is 11.9. The fourth-order valence-corrected chi connectivity index (χ4v) is 1.61. The monoisotopic (exact) mass is 262 g/mol. The molecule has 0 aliphatic heterocycles. The summed E-state index contributed by atoms with van der Waals surface area (Å²) in [5, 5.41) is 3.29. The van der Waals surface area contributed by atoms with Gasteiger partial charge in [0, 0.05) is 22.5 Å². The van der Waals surface area contributed by atoms with Gasteiger partial charge in [-0.25, -0.2) is 10.8 Å². The summed E-state index contributed by atoms with van der Waals surface area (Å²) < 4.78 is 0. The van der Waals surface area contributed by atoms with Gasteiger partial charge >= 0.3 is 0 Å². The first-order valence-electron chi connectivity index (χ1n) is 5.18. The van der Waals surface area contributed by atoms with Crippen molar-refractivity contribution >= 4 is 29.0 Å². The van der Waals surface area contributed by atoms with E-state index in [-0.39, 0.29) is 5.91 Å². The van der Waals surface area contributed by atoms with Crippen LogP contribution in [-0.4, -0.2) is 10.9 Å². The van der Waals surface area contributed by atoms with Crippen molar-refractivity contribution in [1.82, 2.24) is 4.98 Å². The van der Waals surface area contributed by atoms with Gasteiger partial charge in [0.25, 0.3) is 5.91 Å². The molecule has 0 saturated carbocycles. The minimum absolute atomic E-state index is 0.254. The van der Waals surface area contributed by atoms with Crippen molar-refractivity contribution < 1.29 is 4.79 Å². The van der Waals surface area contributed by atoms with Crippen LogP contribution in [0.15, 0.2) is 42.6 Å². The zero-order valence-electron chi connectivity index (χ0n) is 9.35. The minimum Gasteiger partial charge on any atom is -0.322 e. The van der Waals surface area contributed by atoms with E-state index >= 15 is 0 Å². The molecule has 6 heteroatoms. The average molecular weight is 263 g/mol. The molecule has 1 aromatic heterocycles. The second kappa shape index (κ2) is 5.48. The van der Waals surface area contributed by atoms with Crippen LogP contribution < -0.4 is 16.6 Å². The van der Waals surface area contributed by atoms with Crippen molar-refractivity contribution in [3.8, 4) is 0 Å². The molecule has 18 heavy (non-hydrogen) atoms. The summed E-state index contributed by atoms with van der Waals surface area (Å²) in [4.78, 5) is 15.9. The van der Waals surface area contributed by atoms with Crippen LogP contribution in [0.3, 0.4) is 0 Å². The summed E-state index contributed by atoms with van der Waals surface area (Å²) in [5.41, 5.74) is 3.47. The van der Waals surface area contributed by atoms with Crippen LogP contribution in [0.4, 0.5) is 11.5 Å². The quantitative estimate of drug-likeness (QED) is 0.586. The molecule has 1 heterocycles. The third-order valence-electron chi connectivity index (χ3n) is 2.25. The fourth-order valence-electron chi connectivity index (χ4n) is 1.42. The highest BCUT2D eigenvalue weighted by atomic mass is 35.5. The number of hydrogen-bond donors (Lipinski definition) is 3. The average Bonchev–Trinajstić information content (AvgIpc) is 2.39. The van der Waals surface area contributed by atoms with Crippen LogP contribution in [0.2, 0.25) is 5.02 Å². The third kappa shape index (κ3) is 2.97. The van der Waals surface area contributed by atoms with Crippen molar-refractivity contribution in [2.75, 3.05) is 10.7 Å². The number of hydrogen-bond acceptors (Lipinski definition) is 4. The Labute approximate surface area is 109 Å². The molecule has 0 radical (unpaired) electrons. The highest BCUT2D eigenvalue weighted by molar-refractivity contribution is 6.30. The van der Waals surface area contributed by atoms with Gasteiger partial charge < -0.3 is 10.7 Å². The number of nitrogens with zero attached hydrogens (tertiary/aromatic N) is 1. The Bertz CT molecular complexity index is 574. The maximum Gasteiger partial charge on any atom is 0.255 e. The van der Waals surface area contributed by atoms with E-state index in [1.807, 2.05) is 0 Å². The lowest BCUT2D eigenvalue weighted by Gasteiger charge is -2.06. The summed E-state index contributed by atoms with van der Waals surface area (Å²) in [6, 6.07) is 10.1. The molecule has 0 saturated heterocycles. The second-order valence-electron chi connectivity index (χ2n) is 3.54. The van der Waals surface area contributed by atoms with Crippen LogP contribution in [0.1, 0.15) is 10.4 Å². The van der Waals surface area contributed by atoms with Gasteiger partial charge in [-0.15, -0.1) is 0 Å². The van der Waals surface area contributed by atoms with E-state index in [4.69, 9.17) is 17.4 Å². The van der Waals surface area contributed by atoms with E-state index in [0.29, 0.717) is 22.1 Å². The molecular weight excluding hydrogens is 252 g/mol. The standard InChI is InChI=1S/C12H11ClN4O/c13-9-2-1-3-10(7-9)16-12(18)8-4-5-15-11(6-8)17-14/h1-7H,14H2,(H,15,17)(H,16,18). The molecule has 0 unspecified atom stereocenters. The Hall–Kier alpha value is -2.11. The van der Waals surface area contributed by atoms with Crippen LogP contribution >= 0.6 is 11.6 Å². The number of nitrogen functional groups attached to an aromatic ring is 1. The lowest BCUT2D eigenvalue weighted by molar-refractivity contribution is 0.102. The first-order valence-corrected chi connectivity index (χ1v) is 5.56. The molecule has 0 atom stereocenters. The molecule has 0 aliphatic carbocycles. The molecule has 4 N–H and O–H groups in total. The zero-order chi connectivity index (χ0) is 13.0. The molecule has 0 fully saturated rings. The van der Waals surface area contributed by atoms with Crippen molar-refractivity contribution in [1.29, 1.82) is 0 Å². The number of nitrogens with two attached hydrogens (primary N) is 1. The number of pyridine rings is 1. The minimum atomic E-state index is -0.254. The van der Waals surface area contributed by atoms with Gasteiger partial charge in [-0.1, -0.05) is 17.7 Å². The van der Waals surface area contributed by atoms with E-state index < -0.39 is 0 Å².